The van der Waals surface area contributed by atoms with E-state index < -0.39 is 0 Å². The number of phenolic OH excluding ortho intramolecular Hbond substituents is 1. The molecule has 0 saturated heterocycles. The predicted molar refractivity (Wildman–Crippen MR) is 120 cm³/mol. The lowest BCUT2D eigenvalue weighted by atomic mass is 10.1. The van der Waals surface area contributed by atoms with Crippen molar-refractivity contribution in [1.29, 1.82) is 0 Å². The topological polar surface area (TPSA) is 107 Å². The first-order valence-corrected chi connectivity index (χ1v) is 10.4. The number of amides is 2. The molecule has 31 heavy (non-hydrogen) atoms. The summed E-state index contributed by atoms with van der Waals surface area (Å²) in [6.45, 7) is 2.82. The fraction of sp³-hybridized carbons (Fsp3) is 0.292. The minimum atomic E-state index is -0.245. The highest BCUT2D eigenvalue weighted by atomic mass is 16.3. The molecule has 7 heteroatoms. The normalized spacial score (nSPS) is 10.6. The van der Waals surface area contributed by atoms with Gasteiger partial charge < -0.3 is 20.7 Å². The number of aromatic hydroxyl groups is 1. The summed E-state index contributed by atoms with van der Waals surface area (Å²) in [6, 6.07) is 16.4. The molecule has 2 amide bonds. The van der Waals surface area contributed by atoms with Gasteiger partial charge in [-0.25, -0.2) is 4.79 Å². The number of rotatable bonds is 9. The van der Waals surface area contributed by atoms with E-state index >= 15 is 0 Å². The number of nitrogens with one attached hydrogen (secondary N) is 3. The summed E-state index contributed by atoms with van der Waals surface area (Å²) in [4.78, 5) is 31.7. The molecule has 0 atom stereocenters. The minimum absolute atomic E-state index is 0.142. The van der Waals surface area contributed by atoms with Crippen LogP contribution in [0.15, 0.2) is 59.4 Å². The van der Waals surface area contributed by atoms with Crippen LogP contribution in [0.2, 0.25) is 0 Å². The number of benzene rings is 2. The second-order valence-corrected chi connectivity index (χ2v) is 7.47. The fourth-order valence-electron chi connectivity index (χ4n) is 3.24. The molecule has 0 aliphatic rings. The number of H-pyrrole nitrogens is 1. The van der Waals surface area contributed by atoms with Crippen molar-refractivity contribution in [3.8, 4) is 5.75 Å². The first-order valence-electron chi connectivity index (χ1n) is 10.4. The van der Waals surface area contributed by atoms with Gasteiger partial charge in [-0.3, -0.25) is 9.78 Å². The van der Waals surface area contributed by atoms with Crippen LogP contribution in [0.3, 0.4) is 0 Å². The molecule has 162 valence electrons. The number of aryl methyl sites for hydroxylation is 2. The number of hydrogen-bond acceptors (Lipinski definition) is 4. The molecule has 3 rings (SSSR count). The average molecular weight is 421 g/mol. The molecule has 0 fully saturated rings. The zero-order valence-electron chi connectivity index (χ0n) is 17.6. The molecule has 7 nitrogen and oxygen atoms in total. The average Bonchev–Trinajstić information content (AvgIpc) is 2.77. The molecular formula is C24H28N4O3. The first kappa shape index (κ1) is 22.1. The lowest BCUT2D eigenvalue weighted by Gasteiger charge is -2.09. The van der Waals surface area contributed by atoms with Gasteiger partial charge in [0, 0.05) is 25.2 Å². The third-order valence-corrected chi connectivity index (χ3v) is 5.00. The third kappa shape index (κ3) is 6.99. The second kappa shape index (κ2) is 11.0. The standard InChI is InChI=1S/C24H28N4O3/c1-17-22(15-18-7-3-2-4-8-18)28-23(30)21(27-17)9-5-6-14-25-24(31)26-16-19-10-12-20(29)13-11-19/h2-4,7-8,10-13,29H,5-6,9,14-16H2,1H3,(H,28,30)(H2,25,26,31). The molecule has 0 aliphatic heterocycles. The van der Waals surface area contributed by atoms with E-state index in [1.54, 1.807) is 24.3 Å². The van der Waals surface area contributed by atoms with Gasteiger partial charge in [0.2, 0.25) is 0 Å². The van der Waals surface area contributed by atoms with Crippen LogP contribution >= 0.6 is 0 Å². The minimum Gasteiger partial charge on any atom is -0.508 e. The van der Waals surface area contributed by atoms with Crippen LogP contribution in [0.1, 0.15) is 41.1 Å². The Labute approximate surface area is 181 Å². The monoisotopic (exact) mass is 420 g/mol. The highest BCUT2D eigenvalue weighted by Gasteiger charge is 2.08. The smallest absolute Gasteiger partial charge is 0.315 e. The Morgan fingerprint density at radius 3 is 2.48 bits per heavy atom. The van der Waals surface area contributed by atoms with E-state index in [-0.39, 0.29) is 17.3 Å². The maximum absolute atomic E-state index is 12.4. The van der Waals surface area contributed by atoms with Crippen LogP contribution in [0.4, 0.5) is 4.79 Å². The van der Waals surface area contributed by atoms with Crippen LogP contribution in [0, 0.1) is 6.92 Å². The SMILES string of the molecule is Cc1nc(CCCCNC(=O)NCc2ccc(O)cc2)c(=O)[nH]c1Cc1ccccc1. The van der Waals surface area contributed by atoms with Crippen molar-refractivity contribution in [3.05, 3.63) is 93.2 Å². The number of carbonyl (C=O) groups is 1. The number of unbranched alkanes of at least 4 members (excludes halogenated alkanes) is 1. The molecular weight excluding hydrogens is 392 g/mol. The van der Waals surface area contributed by atoms with Gasteiger partial charge in [-0.15, -0.1) is 0 Å². The second-order valence-electron chi connectivity index (χ2n) is 7.47. The van der Waals surface area contributed by atoms with Crippen LogP contribution in [0.5, 0.6) is 5.75 Å². The Morgan fingerprint density at radius 2 is 1.74 bits per heavy atom. The molecule has 1 heterocycles. The van der Waals surface area contributed by atoms with Gasteiger partial charge in [0.05, 0.1) is 5.69 Å². The van der Waals surface area contributed by atoms with Crippen molar-refractivity contribution in [2.45, 2.75) is 39.2 Å². The van der Waals surface area contributed by atoms with E-state index in [9.17, 15) is 14.7 Å². The molecule has 0 spiro atoms. The molecule has 3 aromatic rings. The summed E-state index contributed by atoms with van der Waals surface area (Å²) in [5.74, 6) is 0.197. The molecule has 0 unspecified atom stereocenters. The fourth-order valence-corrected chi connectivity index (χ4v) is 3.24. The number of phenols is 1. The van der Waals surface area contributed by atoms with E-state index in [1.807, 2.05) is 37.3 Å². The van der Waals surface area contributed by atoms with Gasteiger partial charge in [-0.1, -0.05) is 42.5 Å². The summed E-state index contributed by atoms with van der Waals surface area (Å²) in [7, 11) is 0. The van der Waals surface area contributed by atoms with Crippen molar-refractivity contribution < 1.29 is 9.90 Å². The first-order chi connectivity index (χ1) is 15.0. The molecule has 2 aromatic carbocycles. The Morgan fingerprint density at radius 1 is 1.00 bits per heavy atom. The van der Waals surface area contributed by atoms with Crippen LogP contribution in [-0.2, 0) is 19.4 Å². The maximum atomic E-state index is 12.4. The molecule has 0 radical (unpaired) electrons. The summed E-state index contributed by atoms with van der Waals surface area (Å²) in [6.07, 6.45) is 2.72. The van der Waals surface area contributed by atoms with E-state index in [4.69, 9.17) is 0 Å². The summed E-state index contributed by atoms with van der Waals surface area (Å²) >= 11 is 0. The van der Waals surface area contributed by atoms with Crippen LogP contribution in [-0.4, -0.2) is 27.7 Å². The summed E-state index contributed by atoms with van der Waals surface area (Å²) in [5, 5.41) is 14.8. The van der Waals surface area contributed by atoms with Crippen molar-refractivity contribution in [2.24, 2.45) is 0 Å². The van der Waals surface area contributed by atoms with Crippen molar-refractivity contribution in [3.63, 3.8) is 0 Å². The number of hydrogen-bond donors (Lipinski definition) is 4. The molecule has 0 saturated carbocycles. The van der Waals surface area contributed by atoms with Gasteiger partial charge in [0.1, 0.15) is 11.4 Å². The highest BCUT2D eigenvalue weighted by Crippen LogP contribution is 2.10. The molecule has 0 bridgehead atoms. The van der Waals surface area contributed by atoms with E-state index in [1.165, 1.54) is 0 Å². The number of urea groups is 1. The third-order valence-electron chi connectivity index (χ3n) is 5.00. The number of aromatic nitrogens is 2. The lowest BCUT2D eigenvalue weighted by molar-refractivity contribution is 0.240. The number of carbonyl (C=O) groups excluding carboxylic acids is 1. The quantitative estimate of drug-likeness (QED) is 0.399. The van der Waals surface area contributed by atoms with E-state index in [2.05, 4.69) is 20.6 Å². The van der Waals surface area contributed by atoms with Gasteiger partial charge in [0.25, 0.3) is 5.56 Å². The van der Waals surface area contributed by atoms with Crippen LogP contribution < -0.4 is 16.2 Å². The van der Waals surface area contributed by atoms with Crippen molar-refractivity contribution >= 4 is 6.03 Å². The summed E-state index contributed by atoms with van der Waals surface area (Å²) in [5.41, 5.74) is 4.11. The van der Waals surface area contributed by atoms with Crippen molar-refractivity contribution in [2.75, 3.05) is 6.54 Å². The van der Waals surface area contributed by atoms with Gasteiger partial charge >= 0.3 is 6.03 Å². The highest BCUT2D eigenvalue weighted by molar-refractivity contribution is 5.73. The van der Waals surface area contributed by atoms with Crippen molar-refractivity contribution in [1.82, 2.24) is 20.6 Å². The Balaban J connectivity index is 1.39. The lowest BCUT2D eigenvalue weighted by Crippen LogP contribution is -2.35. The Hall–Kier alpha value is -3.61. The summed E-state index contributed by atoms with van der Waals surface area (Å²) < 4.78 is 0. The Bertz CT molecular complexity index is 1050. The van der Waals surface area contributed by atoms with Gasteiger partial charge in [-0.2, -0.15) is 0 Å². The number of aromatic amines is 1. The molecule has 1 aromatic heterocycles. The Kier molecular flexibility index (Phi) is 7.81. The van der Waals surface area contributed by atoms with Gasteiger partial charge in [0.15, 0.2) is 0 Å². The molecule has 4 N–H and O–H groups in total. The number of nitrogens with zero attached hydrogens (tertiary/aromatic N) is 1. The predicted octanol–water partition coefficient (Wildman–Crippen LogP) is 3.20. The zero-order chi connectivity index (χ0) is 22.1. The zero-order valence-corrected chi connectivity index (χ0v) is 17.6. The largest absolute Gasteiger partial charge is 0.508 e. The van der Waals surface area contributed by atoms with E-state index in [0.29, 0.717) is 31.6 Å². The van der Waals surface area contributed by atoms with Crippen LogP contribution in [0.25, 0.3) is 0 Å². The molecule has 0 aliphatic carbocycles. The van der Waals surface area contributed by atoms with Gasteiger partial charge in [-0.05, 0) is 49.4 Å². The maximum Gasteiger partial charge on any atom is 0.315 e. The van der Waals surface area contributed by atoms with E-state index in [0.717, 1.165) is 35.4 Å².